The molecule has 0 fully saturated rings. The maximum atomic E-state index is 11.5. The maximum absolute atomic E-state index is 11.5. The summed E-state index contributed by atoms with van der Waals surface area (Å²) in [6, 6.07) is 0. The summed E-state index contributed by atoms with van der Waals surface area (Å²) in [6.45, 7) is -0.0360. The van der Waals surface area contributed by atoms with Gasteiger partial charge in [0.25, 0.3) is 5.56 Å². The zero-order chi connectivity index (χ0) is 14.4. The van der Waals surface area contributed by atoms with E-state index in [-0.39, 0.29) is 24.0 Å². The van der Waals surface area contributed by atoms with Crippen LogP contribution in [0.2, 0.25) is 0 Å². The van der Waals surface area contributed by atoms with Crippen molar-refractivity contribution in [3.05, 3.63) is 31.5 Å². The number of carbonyl (C=O) groups excluding carboxylic acids is 1. The van der Waals surface area contributed by atoms with Gasteiger partial charge in [-0.25, -0.2) is 4.79 Å². The number of rotatable bonds is 6. The third-order valence-corrected chi connectivity index (χ3v) is 2.74. The van der Waals surface area contributed by atoms with Gasteiger partial charge in [0.15, 0.2) is 0 Å². The zero-order valence-electron chi connectivity index (χ0n) is 9.81. The molecule has 1 rings (SSSR count). The molecule has 0 unspecified atom stereocenters. The molecule has 1 heterocycles. The summed E-state index contributed by atoms with van der Waals surface area (Å²) in [6.07, 6.45) is 1.49. The summed E-state index contributed by atoms with van der Waals surface area (Å²) in [5, 5.41) is 10.9. The Balaban J connectivity index is 2.53. The Bertz CT molecular complexity index is 592. The van der Waals surface area contributed by atoms with Crippen LogP contribution in [0.3, 0.4) is 0 Å². The normalized spacial score (nSPS) is 10.2. The van der Waals surface area contributed by atoms with E-state index in [2.05, 4.69) is 21.2 Å². The van der Waals surface area contributed by atoms with Crippen LogP contribution >= 0.6 is 15.9 Å². The molecule has 0 saturated carbocycles. The van der Waals surface area contributed by atoms with Crippen molar-refractivity contribution in [2.45, 2.75) is 19.4 Å². The van der Waals surface area contributed by atoms with Gasteiger partial charge in [-0.05, 0) is 22.4 Å². The smallest absolute Gasteiger partial charge is 0.328 e. The van der Waals surface area contributed by atoms with Gasteiger partial charge in [-0.15, -0.1) is 0 Å². The topological polar surface area (TPSA) is 121 Å². The molecular formula is C10H12BrN3O5. The lowest BCUT2D eigenvalue weighted by molar-refractivity contribution is -0.137. The number of carboxylic acid groups (broad SMARTS) is 1. The van der Waals surface area contributed by atoms with Gasteiger partial charge < -0.3 is 10.4 Å². The summed E-state index contributed by atoms with van der Waals surface area (Å²) in [5.74, 6) is -1.37. The quantitative estimate of drug-likeness (QED) is 0.593. The predicted octanol–water partition coefficient (Wildman–Crippen LogP) is -0.720. The van der Waals surface area contributed by atoms with Crippen LogP contribution in [0.5, 0.6) is 0 Å². The minimum atomic E-state index is -0.935. The van der Waals surface area contributed by atoms with E-state index >= 15 is 0 Å². The van der Waals surface area contributed by atoms with Gasteiger partial charge in [-0.1, -0.05) is 0 Å². The first-order valence-electron chi connectivity index (χ1n) is 5.38. The van der Waals surface area contributed by atoms with Gasteiger partial charge in [0.05, 0.1) is 4.47 Å². The molecule has 1 aromatic rings. The summed E-state index contributed by atoms with van der Waals surface area (Å²) < 4.78 is 1.18. The molecule has 0 aromatic carbocycles. The van der Waals surface area contributed by atoms with Crippen LogP contribution < -0.4 is 16.6 Å². The maximum Gasteiger partial charge on any atom is 0.328 e. The first-order valence-corrected chi connectivity index (χ1v) is 6.17. The second-order valence-electron chi connectivity index (χ2n) is 3.71. The van der Waals surface area contributed by atoms with Crippen molar-refractivity contribution in [2.75, 3.05) is 6.54 Å². The van der Waals surface area contributed by atoms with Crippen LogP contribution in [0, 0.1) is 0 Å². The van der Waals surface area contributed by atoms with Crippen LogP contribution in [0.1, 0.15) is 12.8 Å². The van der Waals surface area contributed by atoms with Crippen molar-refractivity contribution >= 4 is 27.8 Å². The van der Waals surface area contributed by atoms with E-state index in [0.717, 1.165) is 4.57 Å². The fraction of sp³-hybridized carbons (Fsp3) is 0.400. The molecule has 9 heteroatoms. The van der Waals surface area contributed by atoms with Crippen molar-refractivity contribution in [2.24, 2.45) is 0 Å². The first kappa shape index (κ1) is 15.2. The molecule has 104 valence electrons. The Labute approximate surface area is 115 Å². The Morgan fingerprint density at radius 3 is 2.74 bits per heavy atom. The number of H-pyrrole nitrogens is 1. The largest absolute Gasteiger partial charge is 0.481 e. The van der Waals surface area contributed by atoms with Crippen LogP contribution in [0.4, 0.5) is 0 Å². The molecule has 0 aliphatic rings. The van der Waals surface area contributed by atoms with Crippen molar-refractivity contribution in [3.63, 3.8) is 0 Å². The highest BCUT2D eigenvalue weighted by Crippen LogP contribution is 1.97. The average molecular weight is 334 g/mol. The van der Waals surface area contributed by atoms with Crippen molar-refractivity contribution in [3.8, 4) is 0 Å². The molecule has 0 radical (unpaired) electrons. The predicted molar refractivity (Wildman–Crippen MR) is 68.9 cm³/mol. The second-order valence-corrected chi connectivity index (χ2v) is 4.57. The van der Waals surface area contributed by atoms with Gasteiger partial charge in [-0.3, -0.25) is 23.9 Å². The van der Waals surface area contributed by atoms with Crippen molar-refractivity contribution in [1.29, 1.82) is 0 Å². The standard InChI is InChI=1S/C10H12BrN3O5/c11-6-4-14(10(19)13-9(6)18)5-7(15)12-3-1-2-8(16)17/h4H,1-3,5H2,(H,12,15)(H,16,17)(H,13,18,19). The highest BCUT2D eigenvalue weighted by Gasteiger charge is 2.07. The Hall–Kier alpha value is -1.90. The molecule has 0 saturated heterocycles. The van der Waals surface area contributed by atoms with E-state index in [1.54, 1.807) is 0 Å². The summed E-state index contributed by atoms with van der Waals surface area (Å²) >= 11 is 2.95. The number of nitrogens with zero attached hydrogens (tertiary/aromatic N) is 1. The number of nitrogens with one attached hydrogen (secondary N) is 2. The van der Waals surface area contributed by atoms with Gasteiger partial charge in [0.1, 0.15) is 6.54 Å². The van der Waals surface area contributed by atoms with Gasteiger partial charge >= 0.3 is 11.7 Å². The molecule has 0 bridgehead atoms. The number of aliphatic carboxylic acids is 1. The number of hydrogen-bond donors (Lipinski definition) is 3. The second kappa shape index (κ2) is 6.88. The van der Waals surface area contributed by atoms with E-state index < -0.39 is 23.1 Å². The van der Waals surface area contributed by atoms with Crippen molar-refractivity contribution < 1.29 is 14.7 Å². The van der Waals surface area contributed by atoms with E-state index in [4.69, 9.17) is 5.11 Å². The van der Waals surface area contributed by atoms with Crippen LogP contribution in [-0.4, -0.2) is 33.1 Å². The van der Waals surface area contributed by atoms with Gasteiger partial charge in [-0.2, -0.15) is 0 Å². The molecule has 0 aliphatic carbocycles. The molecular weight excluding hydrogens is 322 g/mol. The third kappa shape index (κ3) is 5.08. The number of carbonyl (C=O) groups is 2. The lowest BCUT2D eigenvalue weighted by atomic mass is 10.3. The molecule has 3 N–H and O–H groups in total. The molecule has 8 nitrogen and oxygen atoms in total. The lowest BCUT2D eigenvalue weighted by Crippen LogP contribution is -2.36. The Morgan fingerprint density at radius 2 is 2.11 bits per heavy atom. The number of halogens is 1. The molecule has 0 spiro atoms. The minimum absolute atomic E-state index is 0.0373. The molecule has 0 aliphatic heterocycles. The molecule has 1 amide bonds. The zero-order valence-corrected chi connectivity index (χ0v) is 11.4. The number of carboxylic acids is 1. The highest BCUT2D eigenvalue weighted by molar-refractivity contribution is 9.10. The fourth-order valence-electron chi connectivity index (χ4n) is 1.28. The molecule has 1 aromatic heterocycles. The molecule has 19 heavy (non-hydrogen) atoms. The van der Waals surface area contributed by atoms with E-state index in [0.29, 0.717) is 6.42 Å². The van der Waals surface area contributed by atoms with Gasteiger partial charge in [0, 0.05) is 19.2 Å². The number of amides is 1. The van der Waals surface area contributed by atoms with E-state index in [1.807, 2.05) is 4.98 Å². The number of aromatic nitrogens is 2. The Kier molecular flexibility index (Phi) is 5.49. The number of aromatic amines is 1. The highest BCUT2D eigenvalue weighted by atomic mass is 79.9. The van der Waals surface area contributed by atoms with Gasteiger partial charge in [0.2, 0.25) is 5.91 Å². The first-order chi connectivity index (χ1) is 8.90. The summed E-state index contributed by atoms with van der Waals surface area (Å²) in [7, 11) is 0. The SMILES string of the molecule is O=C(O)CCCNC(=O)Cn1cc(Br)c(=O)[nH]c1=O. The third-order valence-electron chi connectivity index (χ3n) is 2.17. The van der Waals surface area contributed by atoms with E-state index in [9.17, 15) is 19.2 Å². The monoisotopic (exact) mass is 333 g/mol. The van der Waals surface area contributed by atoms with Crippen molar-refractivity contribution in [1.82, 2.24) is 14.9 Å². The fourth-order valence-corrected chi connectivity index (χ4v) is 1.62. The van der Waals surface area contributed by atoms with E-state index in [1.165, 1.54) is 6.20 Å². The molecule has 0 atom stereocenters. The summed E-state index contributed by atoms with van der Waals surface area (Å²) in [5.41, 5.74) is -1.25. The number of hydrogen-bond acceptors (Lipinski definition) is 4. The van der Waals surface area contributed by atoms with Crippen LogP contribution in [0.25, 0.3) is 0 Å². The van der Waals surface area contributed by atoms with Crippen LogP contribution in [0.15, 0.2) is 20.3 Å². The Morgan fingerprint density at radius 1 is 1.42 bits per heavy atom. The van der Waals surface area contributed by atoms with Crippen LogP contribution in [-0.2, 0) is 16.1 Å². The summed E-state index contributed by atoms with van der Waals surface area (Å²) in [4.78, 5) is 46.2. The minimum Gasteiger partial charge on any atom is -0.481 e. The lowest BCUT2D eigenvalue weighted by Gasteiger charge is -2.06. The average Bonchev–Trinajstić information content (AvgIpc) is 2.31.